The molecule has 0 aliphatic heterocycles. The Morgan fingerprint density at radius 3 is 1.30 bits per heavy atom. The first-order valence-electron chi connectivity index (χ1n) is 19.5. The van der Waals surface area contributed by atoms with E-state index in [4.69, 9.17) is 19.9 Å². The maximum atomic E-state index is 15.5. The van der Waals surface area contributed by atoms with Gasteiger partial charge in [0.2, 0.25) is 0 Å². The Morgan fingerprint density at radius 1 is 0.400 bits per heavy atom. The third kappa shape index (κ3) is 6.78. The molecule has 3 aromatic heterocycles. The number of nitrogens with zero attached hydrogens (tertiary/aromatic N) is 5. The van der Waals surface area contributed by atoms with E-state index in [0.29, 0.717) is 40.1 Å². The highest BCUT2D eigenvalue weighted by Crippen LogP contribution is 2.45. The molecule has 0 saturated carbocycles. The van der Waals surface area contributed by atoms with E-state index in [-0.39, 0.29) is 11.1 Å². The Balaban J connectivity index is 1.38. The number of para-hydroxylation sites is 1. The number of aryl methyl sites for hydroxylation is 1. The highest BCUT2D eigenvalue weighted by atomic mass is 19.4. The van der Waals surface area contributed by atoms with E-state index in [1.807, 2.05) is 159 Å². The highest BCUT2D eigenvalue weighted by Gasteiger charge is 2.34. The molecule has 60 heavy (non-hydrogen) atoms. The van der Waals surface area contributed by atoms with Crippen molar-refractivity contribution < 1.29 is 13.2 Å². The lowest BCUT2D eigenvalue weighted by atomic mass is 9.95. The van der Waals surface area contributed by atoms with Gasteiger partial charge in [0.1, 0.15) is 0 Å². The topological polar surface area (TPSA) is 56.5 Å². The molecule has 0 saturated heterocycles. The summed E-state index contributed by atoms with van der Waals surface area (Å²) in [7, 11) is 0. The molecule has 5 nitrogen and oxygen atoms in total. The van der Waals surface area contributed by atoms with Gasteiger partial charge in [0.15, 0.2) is 11.6 Å². The summed E-state index contributed by atoms with van der Waals surface area (Å²) in [5.74, 6) is 0.768. The molecule has 0 atom stereocenters. The molecule has 0 radical (unpaired) electrons. The summed E-state index contributed by atoms with van der Waals surface area (Å²) < 4.78 is 48.6. The molecule has 0 N–H and O–H groups in total. The van der Waals surface area contributed by atoms with Crippen LogP contribution in [-0.2, 0) is 6.18 Å². The first kappa shape index (κ1) is 36.6. The molecule has 3 heterocycles. The second-order valence-electron chi connectivity index (χ2n) is 14.7. The minimum atomic E-state index is -4.73. The average Bonchev–Trinajstić information content (AvgIpc) is 3.62. The van der Waals surface area contributed by atoms with Crippen molar-refractivity contribution in [2.75, 3.05) is 0 Å². The van der Waals surface area contributed by atoms with E-state index in [2.05, 4.69) is 16.7 Å². The lowest BCUT2D eigenvalue weighted by molar-refractivity contribution is -0.137. The summed E-state index contributed by atoms with van der Waals surface area (Å²) in [5.41, 5.74) is 7.74. The Bertz CT molecular complexity index is 2920. The fourth-order valence-corrected chi connectivity index (χ4v) is 7.87. The van der Waals surface area contributed by atoms with Gasteiger partial charge in [-0.25, -0.2) is 19.9 Å². The Hall–Kier alpha value is -7.71. The third-order valence-corrected chi connectivity index (χ3v) is 10.7. The summed E-state index contributed by atoms with van der Waals surface area (Å²) in [6.45, 7) is 2.04. The molecule has 0 fully saturated rings. The van der Waals surface area contributed by atoms with E-state index >= 15 is 13.2 Å². The van der Waals surface area contributed by atoms with Crippen LogP contribution in [-0.4, -0.2) is 24.5 Å². The predicted molar refractivity (Wildman–Crippen MR) is 234 cm³/mol. The number of rotatable bonds is 7. The van der Waals surface area contributed by atoms with Crippen LogP contribution in [0, 0.1) is 6.92 Å². The summed E-state index contributed by atoms with van der Waals surface area (Å²) >= 11 is 0. The smallest absolute Gasteiger partial charge is 0.308 e. The maximum absolute atomic E-state index is 15.5. The van der Waals surface area contributed by atoms with Crippen LogP contribution in [0.25, 0.3) is 95.3 Å². The van der Waals surface area contributed by atoms with Crippen molar-refractivity contribution in [1.82, 2.24) is 24.5 Å². The zero-order valence-electron chi connectivity index (χ0n) is 32.3. The summed E-state index contributed by atoms with van der Waals surface area (Å²) in [6, 6.07) is 58.4. The van der Waals surface area contributed by atoms with Crippen LogP contribution in [0.15, 0.2) is 188 Å². The lowest BCUT2D eigenvalue weighted by Gasteiger charge is -2.22. The van der Waals surface area contributed by atoms with Gasteiger partial charge in [-0.2, -0.15) is 13.2 Å². The van der Waals surface area contributed by atoms with E-state index in [1.165, 1.54) is 12.1 Å². The monoisotopic (exact) mass is 785 g/mol. The van der Waals surface area contributed by atoms with Crippen LogP contribution < -0.4 is 0 Å². The normalized spacial score (nSPS) is 11.7. The van der Waals surface area contributed by atoms with Crippen molar-refractivity contribution in [2.45, 2.75) is 13.1 Å². The molecule has 7 aromatic carbocycles. The van der Waals surface area contributed by atoms with Gasteiger partial charge in [0.05, 0.1) is 45.1 Å². The van der Waals surface area contributed by atoms with Gasteiger partial charge in [-0.3, -0.25) is 0 Å². The van der Waals surface area contributed by atoms with E-state index in [0.717, 1.165) is 49.6 Å². The van der Waals surface area contributed by atoms with Gasteiger partial charge in [-0.05, 0) is 49.4 Å². The van der Waals surface area contributed by atoms with Gasteiger partial charge >= 0.3 is 6.18 Å². The molecule has 10 aromatic rings. The number of hydrogen-bond acceptors (Lipinski definition) is 4. The number of alkyl halides is 3. The van der Waals surface area contributed by atoms with E-state index in [1.54, 1.807) is 12.1 Å². The molecule has 0 amide bonds. The fraction of sp³-hybridized carbons (Fsp3) is 0.0385. The SMILES string of the molecule is Cc1ccc2c(c1)c1ccccc1n2-c1c(-c2cc(-c3ccccc3)nc(-c3ccccc3)n2)cc(C(F)(F)F)cc1-c1cc(-c2ccccc2)nc(-c2ccccc2)n1. The molecule has 0 unspecified atom stereocenters. The highest BCUT2D eigenvalue weighted by molar-refractivity contribution is 6.11. The molecular weight excluding hydrogens is 752 g/mol. The quantitative estimate of drug-likeness (QED) is 0.161. The van der Waals surface area contributed by atoms with Gasteiger partial charge < -0.3 is 4.57 Å². The van der Waals surface area contributed by atoms with E-state index < -0.39 is 11.7 Å². The summed E-state index contributed by atoms with van der Waals surface area (Å²) in [6.07, 6.45) is -4.73. The molecule has 0 spiro atoms. The van der Waals surface area contributed by atoms with Crippen molar-refractivity contribution in [3.8, 4) is 73.5 Å². The fourth-order valence-electron chi connectivity index (χ4n) is 7.87. The largest absolute Gasteiger partial charge is 0.416 e. The molecular formula is C52H34F3N5. The van der Waals surface area contributed by atoms with Gasteiger partial charge in [0.25, 0.3) is 0 Å². The molecule has 8 heteroatoms. The van der Waals surface area contributed by atoms with Crippen molar-refractivity contribution in [2.24, 2.45) is 0 Å². The van der Waals surface area contributed by atoms with E-state index in [9.17, 15) is 0 Å². The number of benzene rings is 7. The van der Waals surface area contributed by atoms with Crippen LogP contribution in [0.2, 0.25) is 0 Å². The number of fused-ring (bicyclic) bond motifs is 3. The van der Waals surface area contributed by atoms with Gasteiger partial charge in [-0.15, -0.1) is 0 Å². The number of aromatic nitrogens is 5. The standard InChI is InChI=1S/C52H34F3N5/c1-33-26-27-48-40(28-33)39-24-14-15-25-47(39)60(48)49-41(45-31-43(34-16-6-2-7-17-34)56-50(58-45)36-20-10-4-11-21-36)29-38(52(53,54)55)30-42(49)46-32-44(35-18-8-3-9-19-35)57-51(59-46)37-22-12-5-13-23-37/h2-32H,1H3. The molecule has 0 aliphatic carbocycles. The Labute approximate surface area is 344 Å². The zero-order chi connectivity index (χ0) is 40.8. The first-order chi connectivity index (χ1) is 29.3. The minimum absolute atomic E-state index is 0.265. The van der Waals surface area contributed by atoms with Crippen molar-refractivity contribution in [3.63, 3.8) is 0 Å². The van der Waals surface area contributed by atoms with Crippen LogP contribution in [0.1, 0.15) is 11.1 Å². The maximum Gasteiger partial charge on any atom is 0.416 e. The van der Waals surface area contributed by atoms with Gasteiger partial charge in [-0.1, -0.05) is 151 Å². The van der Waals surface area contributed by atoms with Crippen LogP contribution >= 0.6 is 0 Å². The van der Waals surface area contributed by atoms with Crippen LogP contribution in [0.3, 0.4) is 0 Å². The van der Waals surface area contributed by atoms with Crippen LogP contribution in [0.5, 0.6) is 0 Å². The van der Waals surface area contributed by atoms with Crippen molar-refractivity contribution >= 4 is 21.8 Å². The third-order valence-electron chi connectivity index (χ3n) is 10.7. The Morgan fingerprint density at radius 2 is 0.817 bits per heavy atom. The minimum Gasteiger partial charge on any atom is -0.308 e. The van der Waals surface area contributed by atoms with Gasteiger partial charge in [0, 0.05) is 44.2 Å². The predicted octanol–water partition coefficient (Wildman–Crippen LogP) is 13.7. The molecule has 288 valence electrons. The molecule has 0 bridgehead atoms. The Kier molecular flexibility index (Phi) is 9.10. The first-order valence-corrected chi connectivity index (χ1v) is 19.5. The second kappa shape index (κ2) is 14.9. The summed E-state index contributed by atoms with van der Waals surface area (Å²) in [4.78, 5) is 20.2. The van der Waals surface area contributed by atoms with Crippen molar-refractivity contribution in [3.05, 3.63) is 199 Å². The van der Waals surface area contributed by atoms with Crippen molar-refractivity contribution in [1.29, 1.82) is 0 Å². The summed E-state index contributed by atoms with van der Waals surface area (Å²) in [5, 5.41) is 1.93. The number of hydrogen-bond donors (Lipinski definition) is 0. The zero-order valence-corrected chi connectivity index (χ0v) is 32.3. The average molecular weight is 786 g/mol. The molecule has 10 rings (SSSR count). The second-order valence-corrected chi connectivity index (χ2v) is 14.7. The van der Waals surface area contributed by atoms with Crippen LogP contribution in [0.4, 0.5) is 13.2 Å². The lowest BCUT2D eigenvalue weighted by Crippen LogP contribution is -2.10. The number of halogens is 3. The molecule has 0 aliphatic rings.